The average Bonchev–Trinajstić information content (AvgIpc) is 3.06. The van der Waals surface area contributed by atoms with E-state index in [-0.39, 0.29) is 16.9 Å². The lowest BCUT2D eigenvalue weighted by Gasteiger charge is -2.16. The molecule has 1 aliphatic heterocycles. The zero-order valence-electron chi connectivity index (χ0n) is 19.5. The van der Waals surface area contributed by atoms with Crippen molar-refractivity contribution < 1.29 is 13.2 Å². The number of hydrogen-bond donors (Lipinski definition) is 2. The van der Waals surface area contributed by atoms with E-state index in [4.69, 9.17) is 15.6 Å². The molecule has 1 aliphatic rings. The largest absolute Gasteiger partial charge is 0.496 e. The van der Waals surface area contributed by atoms with Crippen LogP contribution in [0.2, 0.25) is 0 Å². The summed E-state index contributed by atoms with van der Waals surface area (Å²) in [5.41, 5.74) is 10.0. The maximum atomic E-state index is 12.9. The van der Waals surface area contributed by atoms with Crippen molar-refractivity contribution in [1.29, 1.82) is 0 Å². The number of ether oxygens (including phenoxy) is 1. The van der Waals surface area contributed by atoms with Gasteiger partial charge in [-0.1, -0.05) is 18.2 Å². The highest BCUT2D eigenvalue weighted by Gasteiger charge is 2.29. The molecule has 0 saturated heterocycles. The van der Waals surface area contributed by atoms with Crippen LogP contribution >= 0.6 is 11.8 Å². The number of hydrogen-bond acceptors (Lipinski definition) is 9. The topological polar surface area (TPSA) is 138 Å². The Bertz CT molecular complexity index is 1520. The molecule has 0 saturated carbocycles. The molecule has 5 rings (SSSR count). The first-order valence-electron chi connectivity index (χ1n) is 11.0. The Morgan fingerprint density at radius 2 is 2.00 bits per heavy atom. The summed E-state index contributed by atoms with van der Waals surface area (Å²) in [5, 5.41) is 6.31. The van der Waals surface area contributed by atoms with Crippen molar-refractivity contribution in [1.82, 2.24) is 29.5 Å². The summed E-state index contributed by atoms with van der Waals surface area (Å²) >= 11 is 1.44. The number of nitrogens with zero attached hydrogens (tertiary/aromatic N) is 5. The maximum Gasteiger partial charge on any atom is 0.240 e. The molecule has 4 heterocycles. The maximum absolute atomic E-state index is 12.9. The van der Waals surface area contributed by atoms with Crippen LogP contribution in [0, 0.1) is 13.8 Å². The quantitative estimate of drug-likeness (QED) is 0.374. The second kappa shape index (κ2) is 9.10. The number of methoxy groups -OCH3 is 1. The van der Waals surface area contributed by atoms with Crippen LogP contribution in [0.1, 0.15) is 22.5 Å². The Labute approximate surface area is 207 Å². The first kappa shape index (κ1) is 23.5. The second-order valence-electron chi connectivity index (χ2n) is 8.38. The molecule has 1 unspecified atom stereocenters. The fourth-order valence-corrected chi connectivity index (χ4v) is 6.73. The number of anilines is 1. The summed E-state index contributed by atoms with van der Waals surface area (Å²) in [6.45, 7) is 4.27. The van der Waals surface area contributed by atoms with Crippen LogP contribution < -0.4 is 15.2 Å². The van der Waals surface area contributed by atoms with Gasteiger partial charge in [-0.15, -0.1) is 11.8 Å². The number of nitrogen functional groups attached to an aromatic ring is 1. The number of nitrogens with one attached hydrogen (secondary N) is 1. The summed E-state index contributed by atoms with van der Waals surface area (Å²) in [7, 11) is -2.04. The molecule has 0 aliphatic carbocycles. The van der Waals surface area contributed by atoms with Gasteiger partial charge in [0.15, 0.2) is 5.65 Å². The van der Waals surface area contributed by atoms with Gasteiger partial charge in [-0.3, -0.25) is 4.98 Å². The summed E-state index contributed by atoms with van der Waals surface area (Å²) in [5.74, 6) is 1.42. The van der Waals surface area contributed by atoms with E-state index < -0.39 is 10.0 Å². The van der Waals surface area contributed by atoms with Crippen molar-refractivity contribution in [2.75, 3.05) is 18.6 Å². The van der Waals surface area contributed by atoms with Gasteiger partial charge in [-0.05, 0) is 26.0 Å². The molecule has 0 bridgehead atoms. The molecule has 1 aromatic carbocycles. The molecule has 182 valence electrons. The van der Waals surface area contributed by atoms with Crippen molar-refractivity contribution in [3.8, 4) is 5.75 Å². The van der Waals surface area contributed by atoms with Crippen molar-refractivity contribution >= 4 is 38.8 Å². The average molecular weight is 512 g/mol. The normalized spacial score (nSPS) is 15.8. The van der Waals surface area contributed by atoms with E-state index in [1.54, 1.807) is 48.3 Å². The minimum Gasteiger partial charge on any atom is -0.496 e. The van der Waals surface area contributed by atoms with Crippen LogP contribution in [-0.4, -0.2) is 52.1 Å². The minimum atomic E-state index is -3.68. The van der Waals surface area contributed by atoms with Crippen molar-refractivity contribution in [3.63, 3.8) is 0 Å². The molecule has 4 aromatic rings. The molecule has 0 fully saturated rings. The van der Waals surface area contributed by atoms with Crippen molar-refractivity contribution in [3.05, 3.63) is 59.0 Å². The number of aromatic nitrogens is 5. The van der Waals surface area contributed by atoms with Gasteiger partial charge in [0.1, 0.15) is 10.8 Å². The Kier molecular flexibility index (Phi) is 6.11. The molecule has 0 spiro atoms. The van der Waals surface area contributed by atoms with Crippen LogP contribution in [0.15, 0.2) is 46.5 Å². The molecular formula is C23H25N7O3S2. The molecule has 10 nitrogen and oxygen atoms in total. The number of thioether (sulfide) groups is 1. The van der Waals surface area contributed by atoms with E-state index in [2.05, 4.69) is 19.7 Å². The fourth-order valence-electron chi connectivity index (χ4n) is 4.29. The van der Waals surface area contributed by atoms with Crippen LogP contribution in [-0.2, 0) is 23.0 Å². The minimum absolute atomic E-state index is 0.141. The number of sulfonamides is 1. The highest BCUT2D eigenvalue weighted by Crippen LogP contribution is 2.34. The molecule has 12 heteroatoms. The second-order valence-corrected chi connectivity index (χ2v) is 11.1. The van der Waals surface area contributed by atoms with E-state index in [1.165, 1.54) is 11.8 Å². The number of pyridine rings is 1. The third-order valence-corrected chi connectivity index (χ3v) is 8.61. The van der Waals surface area contributed by atoms with Gasteiger partial charge in [0.05, 0.1) is 35.3 Å². The lowest BCUT2D eigenvalue weighted by molar-refractivity contribution is 0.406. The van der Waals surface area contributed by atoms with Crippen LogP contribution in [0.4, 0.5) is 5.95 Å². The molecule has 35 heavy (non-hydrogen) atoms. The third-order valence-electron chi connectivity index (χ3n) is 5.93. The summed E-state index contributed by atoms with van der Waals surface area (Å²) < 4.78 is 36.0. The Hall–Kier alpha value is -3.22. The molecule has 0 amide bonds. The summed E-state index contributed by atoms with van der Waals surface area (Å²) in [4.78, 5) is 13.7. The molecule has 1 atom stereocenters. The first-order valence-corrected chi connectivity index (χ1v) is 13.5. The van der Waals surface area contributed by atoms with Crippen molar-refractivity contribution in [2.24, 2.45) is 0 Å². The lowest BCUT2D eigenvalue weighted by atomic mass is 10.1. The zero-order chi connectivity index (χ0) is 24.7. The van der Waals surface area contributed by atoms with E-state index in [1.807, 2.05) is 13.8 Å². The van der Waals surface area contributed by atoms with Crippen LogP contribution in [0.25, 0.3) is 11.0 Å². The Morgan fingerprint density at radius 3 is 2.74 bits per heavy atom. The number of nitrogens with two attached hydrogens (primary N) is 1. The lowest BCUT2D eigenvalue weighted by Crippen LogP contribution is -2.38. The fraction of sp³-hybridized carbons (Fsp3) is 0.304. The van der Waals surface area contributed by atoms with E-state index in [0.29, 0.717) is 29.4 Å². The van der Waals surface area contributed by atoms with E-state index in [9.17, 15) is 8.42 Å². The Morgan fingerprint density at radius 1 is 1.23 bits per heavy atom. The number of benzene rings is 1. The predicted octanol–water partition coefficient (Wildman–Crippen LogP) is 2.47. The SMILES string of the molecule is COc1c(C)cnc(Cn2nc3c4c(nc(N)nc42)SCC(NS(=O)(=O)c2ccccc2)C3)c1C. The van der Waals surface area contributed by atoms with Crippen LogP contribution in [0.5, 0.6) is 5.75 Å². The summed E-state index contributed by atoms with van der Waals surface area (Å²) in [6.07, 6.45) is 2.17. The molecular weight excluding hydrogens is 486 g/mol. The Balaban J connectivity index is 1.51. The highest BCUT2D eigenvalue weighted by atomic mass is 32.2. The van der Waals surface area contributed by atoms with Gasteiger partial charge in [-0.25, -0.2) is 22.8 Å². The van der Waals surface area contributed by atoms with E-state index >= 15 is 0 Å². The first-order chi connectivity index (χ1) is 16.8. The highest BCUT2D eigenvalue weighted by molar-refractivity contribution is 7.99. The van der Waals surface area contributed by atoms with Gasteiger partial charge in [-0.2, -0.15) is 10.1 Å². The number of aryl methyl sites for hydroxylation is 1. The van der Waals surface area contributed by atoms with E-state index in [0.717, 1.165) is 33.7 Å². The third kappa shape index (κ3) is 4.44. The standard InChI is InChI=1S/C23H25N7O3S2/c1-13-10-25-18(14(2)20(13)33-3)11-30-21-19-17(28-30)9-15(12-34-22(19)27-23(24)26-21)29-35(31,32)16-7-5-4-6-8-16/h4-8,10,15,29H,9,11-12H2,1-3H3,(H2,24,26,27). The van der Waals surface area contributed by atoms with Gasteiger partial charge in [0.2, 0.25) is 16.0 Å². The van der Waals surface area contributed by atoms with Gasteiger partial charge >= 0.3 is 0 Å². The smallest absolute Gasteiger partial charge is 0.240 e. The van der Waals surface area contributed by atoms with Gasteiger partial charge in [0.25, 0.3) is 0 Å². The van der Waals surface area contributed by atoms with Crippen molar-refractivity contribution in [2.45, 2.75) is 42.8 Å². The van der Waals surface area contributed by atoms with Crippen LogP contribution in [0.3, 0.4) is 0 Å². The van der Waals surface area contributed by atoms with Gasteiger partial charge in [0, 0.05) is 35.5 Å². The number of rotatable bonds is 6. The van der Waals surface area contributed by atoms with Gasteiger partial charge < -0.3 is 10.5 Å². The zero-order valence-corrected chi connectivity index (χ0v) is 21.2. The molecule has 0 radical (unpaired) electrons. The monoisotopic (exact) mass is 511 g/mol. The summed E-state index contributed by atoms with van der Waals surface area (Å²) in [6, 6.07) is 7.95. The predicted molar refractivity (Wildman–Crippen MR) is 134 cm³/mol. The molecule has 3 aromatic heterocycles. The molecule has 3 N–H and O–H groups in total.